The van der Waals surface area contributed by atoms with Crippen molar-refractivity contribution in [2.24, 2.45) is 0 Å². The van der Waals surface area contributed by atoms with Gasteiger partial charge in [-0.15, -0.1) is 0 Å². The minimum Gasteiger partial charge on any atom is -0.477 e. The highest BCUT2D eigenvalue weighted by molar-refractivity contribution is 5.71. The zero-order valence-electron chi connectivity index (χ0n) is 51.6. The number of ether oxygens (including phenoxy) is 4. The van der Waals surface area contributed by atoms with Gasteiger partial charge in [0.2, 0.25) is 0 Å². The average molecular weight is 1090 g/mol. The molecule has 0 aromatic rings. The molecule has 452 valence electrons. The van der Waals surface area contributed by atoms with Crippen LogP contribution in [-0.4, -0.2) is 87.4 Å². The van der Waals surface area contributed by atoms with E-state index in [4.69, 9.17) is 18.9 Å². The normalized spacial score (nSPS) is 12.9. The first-order valence-corrected chi connectivity index (χ1v) is 33.2. The Hall–Kier alpha value is -2.49. The van der Waals surface area contributed by atoms with Crippen LogP contribution in [0, 0.1) is 0 Å². The molecule has 0 rings (SSSR count). The number of hydrogen-bond donors (Lipinski definition) is 1. The van der Waals surface area contributed by atoms with Crippen LogP contribution in [0.25, 0.3) is 0 Å². The molecule has 0 saturated carbocycles. The lowest BCUT2D eigenvalue weighted by atomic mass is 10.0. The van der Waals surface area contributed by atoms with E-state index in [1.807, 2.05) is 21.1 Å². The van der Waals surface area contributed by atoms with Crippen molar-refractivity contribution in [1.82, 2.24) is 0 Å². The van der Waals surface area contributed by atoms with Crippen molar-refractivity contribution in [3.05, 3.63) is 36.5 Å². The molecular formula is C68H128NO8+. The molecule has 9 heteroatoms. The Morgan fingerprint density at radius 1 is 0.390 bits per heavy atom. The van der Waals surface area contributed by atoms with Gasteiger partial charge >= 0.3 is 17.9 Å². The van der Waals surface area contributed by atoms with E-state index in [2.05, 4.69) is 50.3 Å². The zero-order chi connectivity index (χ0) is 56.2. The maximum Gasteiger partial charge on any atom is 0.361 e. The van der Waals surface area contributed by atoms with Crippen molar-refractivity contribution >= 4 is 17.9 Å². The highest BCUT2D eigenvalue weighted by atomic mass is 16.7. The SMILES string of the molecule is CCCCCCC/C=C\C/C=C\CCCCCCCCCCCCCCCC(=O)OC(COC(=O)CCCCCCCCCCCCCCCCC/C=C\CCCCCCCCCC)COC(OCC[N+](C)(C)C)C(=O)O. The van der Waals surface area contributed by atoms with Gasteiger partial charge in [0, 0.05) is 12.8 Å². The first kappa shape index (κ1) is 74.5. The van der Waals surface area contributed by atoms with Gasteiger partial charge in [-0.05, 0) is 70.6 Å². The Morgan fingerprint density at radius 2 is 0.701 bits per heavy atom. The molecule has 0 aliphatic carbocycles. The highest BCUT2D eigenvalue weighted by Crippen LogP contribution is 2.18. The van der Waals surface area contributed by atoms with E-state index in [0.717, 1.165) is 44.9 Å². The predicted molar refractivity (Wildman–Crippen MR) is 327 cm³/mol. The molecule has 0 amide bonds. The number of likely N-dealkylation sites (N-methyl/N-ethyl adjacent to an activating group) is 1. The lowest BCUT2D eigenvalue weighted by Gasteiger charge is -2.25. The van der Waals surface area contributed by atoms with Gasteiger partial charge in [0.05, 0.1) is 34.4 Å². The standard InChI is InChI=1S/C68H127NO8/c1-6-8-10-12-14-16-18-20-22-24-26-28-30-32-33-35-36-38-40-42-44-46-48-50-52-54-56-58-65(70)75-62-64(63-76-68(67(72)73)74-61-60-69(3,4)5)77-66(71)59-57-55-53-51-49-47-45-43-41-39-37-34-31-29-27-25-23-21-19-17-15-13-11-9-7-2/h19,21,24-27,64,68H,6-18,20,22-23,28-63H2,1-5H3/p+1/b21-19-,26-24-,27-25-. The van der Waals surface area contributed by atoms with E-state index in [9.17, 15) is 19.5 Å². The smallest absolute Gasteiger partial charge is 0.361 e. The second-order valence-electron chi connectivity index (χ2n) is 23.8. The summed E-state index contributed by atoms with van der Waals surface area (Å²) in [6, 6.07) is 0. The molecule has 0 heterocycles. The minimum atomic E-state index is -1.51. The van der Waals surface area contributed by atoms with Gasteiger partial charge in [0.15, 0.2) is 6.10 Å². The van der Waals surface area contributed by atoms with E-state index in [1.54, 1.807) is 0 Å². The number of aliphatic carboxylic acids is 1. The van der Waals surface area contributed by atoms with Gasteiger partial charge in [-0.25, -0.2) is 4.79 Å². The Kier molecular flexibility index (Phi) is 57.7. The van der Waals surface area contributed by atoms with Crippen molar-refractivity contribution in [3.63, 3.8) is 0 Å². The number of esters is 2. The van der Waals surface area contributed by atoms with Crippen LogP contribution < -0.4 is 0 Å². The van der Waals surface area contributed by atoms with Crippen LogP contribution in [0.15, 0.2) is 36.5 Å². The molecule has 0 aliphatic rings. The number of rotatable bonds is 62. The van der Waals surface area contributed by atoms with Gasteiger partial charge in [-0.3, -0.25) is 9.59 Å². The summed E-state index contributed by atoms with van der Waals surface area (Å²) >= 11 is 0. The van der Waals surface area contributed by atoms with Crippen LogP contribution in [0.5, 0.6) is 0 Å². The number of quaternary nitrogens is 1. The molecule has 0 spiro atoms. The van der Waals surface area contributed by atoms with Gasteiger partial charge in [0.1, 0.15) is 13.2 Å². The fraction of sp³-hybridized carbons (Fsp3) is 0.868. The first-order valence-electron chi connectivity index (χ1n) is 33.2. The van der Waals surface area contributed by atoms with Gasteiger partial charge in [-0.2, -0.15) is 0 Å². The van der Waals surface area contributed by atoms with Gasteiger partial charge < -0.3 is 28.5 Å². The predicted octanol–water partition coefficient (Wildman–Crippen LogP) is 20.0. The van der Waals surface area contributed by atoms with Crippen molar-refractivity contribution < 1.29 is 42.9 Å². The molecule has 77 heavy (non-hydrogen) atoms. The van der Waals surface area contributed by atoms with Crippen LogP contribution in [0.2, 0.25) is 0 Å². The van der Waals surface area contributed by atoms with Crippen LogP contribution in [-0.2, 0) is 33.3 Å². The molecule has 2 atom stereocenters. The molecule has 1 N–H and O–H groups in total. The number of unbranched alkanes of at least 4 members (excludes halogenated alkanes) is 41. The molecule has 0 radical (unpaired) electrons. The molecule has 0 saturated heterocycles. The van der Waals surface area contributed by atoms with Crippen LogP contribution >= 0.6 is 0 Å². The Morgan fingerprint density at radius 3 is 1.04 bits per heavy atom. The third-order valence-electron chi connectivity index (χ3n) is 14.9. The lowest BCUT2D eigenvalue weighted by Crippen LogP contribution is -2.40. The van der Waals surface area contributed by atoms with Crippen molar-refractivity contribution in [2.45, 2.75) is 334 Å². The summed E-state index contributed by atoms with van der Waals surface area (Å²) in [4.78, 5) is 37.6. The van der Waals surface area contributed by atoms with Crippen molar-refractivity contribution in [2.75, 3.05) is 47.5 Å². The number of carbonyl (C=O) groups excluding carboxylic acids is 2. The molecular weight excluding hydrogens is 959 g/mol. The second kappa shape index (κ2) is 59.6. The zero-order valence-corrected chi connectivity index (χ0v) is 51.6. The number of hydrogen-bond acceptors (Lipinski definition) is 7. The summed E-state index contributed by atoms with van der Waals surface area (Å²) in [5.74, 6) is -1.98. The van der Waals surface area contributed by atoms with E-state index < -0.39 is 18.4 Å². The molecule has 0 bridgehead atoms. The third kappa shape index (κ3) is 61.0. The van der Waals surface area contributed by atoms with Crippen LogP contribution in [0.1, 0.15) is 322 Å². The maximum atomic E-state index is 12.9. The Balaban J connectivity index is 4.13. The lowest BCUT2D eigenvalue weighted by molar-refractivity contribution is -0.870. The minimum absolute atomic E-state index is 0.178. The van der Waals surface area contributed by atoms with Crippen molar-refractivity contribution in [1.29, 1.82) is 0 Å². The topological polar surface area (TPSA) is 108 Å². The number of allylic oxidation sites excluding steroid dienone is 6. The van der Waals surface area contributed by atoms with E-state index >= 15 is 0 Å². The summed E-state index contributed by atoms with van der Waals surface area (Å²) < 4.78 is 23.0. The second-order valence-corrected chi connectivity index (χ2v) is 23.8. The van der Waals surface area contributed by atoms with E-state index in [0.29, 0.717) is 17.4 Å². The Bertz CT molecular complexity index is 1360. The monoisotopic (exact) mass is 1090 g/mol. The first-order chi connectivity index (χ1) is 37.6. The maximum absolute atomic E-state index is 12.9. The molecule has 9 nitrogen and oxygen atoms in total. The third-order valence-corrected chi connectivity index (χ3v) is 14.9. The number of carboxylic acids is 1. The summed E-state index contributed by atoms with van der Waals surface area (Å²) in [5.41, 5.74) is 0. The van der Waals surface area contributed by atoms with E-state index in [-0.39, 0.29) is 38.2 Å². The molecule has 0 aliphatic heterocycles. The van der Waals surface area contributed by atoms with Crippen LogP contribution in [0.3, 0.4) is 0 Å². The quantitative estimate of drug-likeness (QED) is 0.0211. The molecule has 0 aromatic heterocycles. The largest absolute Gasteiger partial charge is 0.477 e. The number of carboxylic acid groups (broad SMARTS) is 1. The van der Waals surface area contributed by atoms with Crippen molar-refractivity contribution in [3.8, 4) is 0 Å². The summed E-state index contributed by atoms with van der Waals surface area (Å²) in [7, 11) is 5.98. The summed E-state index contributed by atoms with van der Waals surface area (Å²) in [6.45, 7) is 4.92. The summed E-state index contributed by atoms with van der Waals surface area (Å²) in [5, 5.41) is 9.73. The van der Waals surface area contributed by atoms with E-state index in [1.165, 1.54) is 250 Å². The molecule has 0 aromatic carbocycles. The fourth-order valence-corrected chi connectivity index (χ4v) is 9.75. The molecule has 0 fully saturated rings. The van der Waals surface area contributed by atoms with Gasteiger partial charge in [0.25, 0.3) is 6.29 Å². The molecule has 2 unspecified atom stereocenters. The van der Waals surface area contributed by atoms with Gasteiger partial charge in [-0.1, -0.05) is 275 Å². The Labute approximate surface area is 477 Å². The number of carbonyl (C=O) groups is 3. The fourth-order valence-electron chi connectivity index (χ4n) is 9.75. The highest BCUT2D eigenvalue weighted by Gasteiger charge is 2.25. The number of nitrogens with zero attached hydrogens (tertiary/aromatic N) is 1. The average Bonchev–Trinajstić information content (AvgIpc) is 3.40. The van der Waals surface area contributed by atoms with Crippen LogP contribution in [0.4, 0.5) is 0 Å². The summed E-state index contributed by atoms with van der Waals surface area (Å²) in [6.07, 6.45) is 71.0.